The van der Waals surface area contributed by atoms with Crippen LogP contribution < -0.4 is 15.4 Å². The highest BCUT2D eigenvalue weighted by molar-refractivity contribution is 5.80. The molecule has 148 valence electrons. The molecule has 0 radical (unpaired) electrons. The van der Waals surface area contributed by atoms with Crippen LogP contribution in [0.3, 0.4) is 0 Å². The smallest absolute Gasteiger partial charge is 0.191 e. The van der Waals surface area contributed by atoms with Crippen molar-refractivity contribution >= 4 is 5.96 Å². The minimum atomic E-state index is 0.0119. The molecule has 0 amide bonds. The van der Waals surface area contributed by atoms with Gasteiger partial charge >= 0.3 is 0 Å². The fraction of sp³-hybridized carbons (Fsp3) is 0.682. The number of hydrogen-bond acceptors (Lipinski definition) is 3. The van der Waals surface area contributed by atoms with Crippen LogP contribution in [0.15, 0.2) is 29.3 Å². The number of guanidine groups is 1. The van der Waals surface area contributed by atoms with Crippen LogP contribution in [0.25, 0.3) is 0 Å². The summed E-state index contributed by atoms with van der Waals surface area (Å²) >= 11 is 0. The van der Waals surface area contributed by atoms with Crippen LogP contribution in [0.2, 0.25) is 0 Å². The van der Waals surface area contributed by atoms with Gasteiger partial charge in [-0.25, -0.2) is 0 Å². The van der Waals surface area contributed by atoms with Gasteiger partial charge in [-0.15, -0.1) is 0 Å². The molecule has 2 N–H and O–H groups in total. The maximum Gasteiger partial charge on any atom is 0.191 e. The second-order valence-corrected chi connectivity index (χ2v) is 8.43. The van der Waals surface area contributed by atoms with Gasteiger partial charge in [-0.05, 0) is 57.2 Å². The average molecular weight is 371 g/mol. The van der Waals surface area contributed by atoms with E-state index in [1.54, 1.807) is 0 Å². The molecule has 1 aromatic carbocycles. The van der Waals surface area contributed by atoms with Crippen molar-refractivity contribution in [3.8, 4) is 5.75 Å². The van der Waals surface area contributed by atoms with Crippen LogP contribution in [0, 0.1) is 5.92 Å². The number of para-hydroxylation sites is 1. The highest BCUT2D eigenvalue weighted by Gasteiger charge is 2.43. The average Bonchev–Trinajstić information content (AvgIpc) is 3.34. The first-order valence-electron chi connectivity index (χ1n) is 10.7. The van der Waals surface area contributed by atoms with E-state index in [2.05, 4.69) is 51.7 Å². The fourth-order valence-corrected chi connectivity index (χ4v) is 5.04. The molecule has 2 unspecified atom stereocenters. The zero-order chi connectivity index (χ0) is 18.7. The Labute approximate surface area is 163 Å². The summed E-state index contributed by atoms with van der Waals surface area (Å²) in [4.78, 5) is 7.04. The first-order valence-corrected chi connectivity index (χ1v) is 10.7. The van der Waals surface area contributed by atoms with Gasteiger partial charge in [-0.2, -0.15) is 0 Å². The number of rotatable bonds is 4. The number of likely N-dealkylation sites (tertiary alicyclic amines) is 1. The SMILES string of the molecule is CCN1CCC(CNC(=NC)NC2CC3(CCCC3)Oc3ccccc32)C1. The van der Waals surface area contributed by atoms with Gasteiger partial charge in [0.1, 0.15) is 11.4 Å². The molecule has 1 aliphatic carbocycles. The van der Waals surface area contributed by atoms with Crippen LogP contribution in [0.5, 0.6) is 5.75 Å². The Morgan fingerprint density at radius 1 is 1.30 bits per heavy atom. The number of ether oxygens (including phenoxy) is 1. The number of hydrogen-bond donors (Lipinski definition) is 2. The number of benzene rings is 1. The number of nitrogens with one attached hydrogen (secondary N) is 2. The van der Waals surface area contributed by atoms with Crippen molar-refractivity contribution in [3.05, 3.63) is 29.8 Å². The highest BCUT2D eigenvalue weighted by atomic mass is 16.5. The van der Waals surface area contributed by atoms with Crippen molar-refractivity contribution in [3.63, 3.8) is 0 Å². The fourth-order valence-electron chi connectivity index (χ4n) is 5.04. The van der Waals surface area contributed by atoms with Gasteiger partial charge in [0.15, 0.2) is 5.96 Å². The van der Waals surface area contributed by atoms with Crippen LogP contribution in [-0.4, -0.2) is 49.7 Å². The summed E-state index contributed by atoms with van der Waals surface area (Å²) in [7, 11) is 1.87. The Hall–Kier alpha value is -1.75. The standard InChI is InChI=1S/C22H34N4O/c1-3-26-13-10-17(16-26)15-24-21(23-2)25-19-14-22(11-6-7-12-22)27-20-9-5-4-8-18(19)20/h4-5,8-9,17,19H,3,6-7,10-16H2,1-2H3,(H2,23,24,25). The molecular formula is C22H34N4O. The molecule has 4 rings (SSSR count). The van der Waals surface area contributed by atoms with E-state index in [-0.39, 0.29) is 11.6 Å². The molecule has 0 bridgehead atoms. The van der Waals surface area contributed by atoms with Crippen LogP contribution in [0.4, 0.5) is 0 Å². The summed E-state index contributed by atoms with van der Waals surface area (Å²) in [6.45, 7) is 6.82. The zero-order valence-electron chi connectivity index (χ0n) is 16.8. The molecule has 5 heteroatoms. The summed E-state index contributed by atoms with van der Waals surface area (Å²) in [6.07, 6.45) is 7.19. The zero-order valence-corrected chi connectivity index (χ0v) is 16.8. The van der Waals surface area contributed by atoms with E-state index in [0.717, 1.165) is 31.2 Å². The third-order valence-corrected chi connectivity index (χ3v) is 6.62. The lowest BCUT2D eigenvalue weighted by atomic mass is 9.86. The first-order chi connectivity index (χ1) is 13.2. The first kappa shape index (κ1) is 18.6. The summed E-state index contributed by atoms with van der Waals surface area (Å²) < 4.78 is 6.49. The molecule has 1 saturated heterocycles. The summed E-state index contributed by atoms with van der Waals surface area (Å²) in [5.74, 6) is 2.68. The van der Waals surface area contributed by atoms with Crippen molar-refractivity contribution in [1.29, 1.82) is 0 Å². The maximum atomic E-state index is 6.49. The van der Waals surface area contributed by atoms with Gasteiger partial charge < -0.3 is 20.3 Å². The molecule has 2 fully saturated rings. The minimum Gasteiger partial charge on any atom is -0.487 e. The van der Waals surface area contributed by atoms with E-state index >= 15 is 0 Å². The van der Waals surface area contributed by atoms with E-state index in [0.29, 0.717) is 5.92 Å². The van der Waals surface area contributed by atoms with Crippen molar-refractivity contribution in [2.45, 2.75) is 57.1 Å². The van der Waals surface area contributed by atoms with E-state index < -0.39 is 0 Å². The molecule has 1 aromatic rings. The lowest BCUT2D eigenvalue weighted by Crippen LogP contribution is -2.47. The van der Waals surface area contributed by atoms with Crippen LogP contribution >= 0.6 is 0 Å². The molecule has 2 aliphatic heterocycles. The summed E-state index contributed by atoms with van der Waals surface area (Å²) in [5.41, 5.74) is 1.27. The Morgan fingerprint density at radius 3 is 2.85 bits per heavy atom. The Morgan fingerprint density at radius 2 is 2.11 bits per heavy atom. The maximum absolute atomic E-state index is 6.49. The molecule has 0 aromatic heterocycles. The molecule has 2 atom stereocenters. The largest absolute Gasteiger partial charge is 0.487 e. The molecule has 5 nitrogen and oxygen atoms in total. The quantitative estimate of drug-likeness (QED) is 0.630. The van der Waals surface area contributed by atoms with Crippen LogP contribution in [0.1, 0.15) is 57.1 Å². The molecule has 3 aliphatic rings. The van der Waals surface area contributed by atoms with Gasteiger partial charge in [0, 0.05) is 32.1 Å². The molecular weight excluding hydrogens is 336 g/mol. The Balaban J connectivity index is 1.42. The number of fused-ring (bicyclic) bond motifs is 1. The minimum absolute atomic E-state index is 0.0119. The third-order valence-electron chi connectivity index (χ3n) is 6.62. The van der Waals surface area contributed by atoms with Crippen molar-refractivity contribution in [2.24, 2.45) is 10.9 Å². The van der Waals surface area contributed by atoms with Gasteiger partial charge in [-0.1, -0.05) is 25.1 Å². The molecule has 27 heavy (non-hydrogen) atoms. The van der Waals surface area contributed by atoms with Gasteiger partial charge in [0.25, 0.3) is 0 Å². The van der Waals surface area contributed by atoms with Crippen molar-refractivity contribution in [1.82, 2.24) is 15.5 Å². The van der Waals surface area contributed by atoms with Crippen LogP contribution in [-0.2, 0) is 0 Å². The number of aliphatic imine (C=N–C) groups is 1. The van der Waals surface area contributed by atoms with E-state index in [4.69, 9.17) is 4.74 Å². The van der Waals surface area contributed by atoms with E-state index in [1.807, 2.05) is 7.05 Å². The van der Waals surface area contributed by atoms with Crippen molar-refractivity contribution in [2.75, 3.05) is 33.2 Å². The predicted octanol–water partition coefficient (Wildman–Crippen LogP) is 3.33. The normalized spacial score (nSPS) is 27.4. The monoisotopic (exact) mass is 370 g/mol. The molecule has 1 saturated carbocycles. The molecule has 1 spiro atoms. The predicted molar refractivity (Wildman–Crippen MR) is 110 cm³/mol. The van der Waals surface area contributed by atoms with Crippen molar-refractivity contribution < 1.29 is 4.74 Å². The molecule has 2 heterocycles. The topological polar surface area (TPSA) is 48.9 Å². The summed E-state index contributed by atoms with van der Waals surface area (Å²) in [5, 5.41) is 7.29. The van der Waals surface area contributed by atoms with E-state index in [1.165, 1.54) is 50.8 Å². The highest BCUT2D eigenvalue weighted by Crippen LogP contribution is 2.46. The lowest BCUT2D eigenvalue weighted by Gasteiger charge is -2.40. The summed E-state index contributed by atoms with van der Waals surface area (Å²) in [6, 6.07) is 8.76. The lowest BCUT2D eigenvalue weighted by molar-refractivity contribution is 0.0396. The van der Waals surface area contributed by atoms with Gasteiger partial charge in [0.05, 0.1) is 6.04 Å². The second kappa shape index (κ2) is 8.09. The van der Waals surface area contributed by atoms with Gasteiger partial charge in [-0.3, -0.25) is 4.99 Å². The van der Waals surface area contributed by atoms with E-state index in [9.17, 15) is 0 Å². The second-order valence-electron chi connectivity index (χ2n) is 8.43. The third kappa shape index (κ3) is 4.08. The Kier molecular flexibility index (Phi) is 5.58. The Bertz CT molecular complexity index is 668. The van der Waals surface area contributed by atoms with Gasteiger partial charge in [0.2, 0.25) is 0 Å². The number of nitrogens with zero attached hydrogens (tertiary/aromatic N) is 2.